The van der Waals surface area contributed by atoms with Crippen molar-refractivity contribution < 1.29 is 4.79 Å². The molecule has 0 aliphatic heterocycles. The standard InChI is InChI=1S/C23H20N6O/c24-15-18-20(28-29(22(18)25)17-8-2-1-3-9-17)11-6-14-26-23(30)21-13-12-16-7-4-5-10-19(16)27-21/h1-5,7-10,12-13H,6,11,14,25H2,(H,26,30). The number of nitrogens with zero attached hydrogens (tertiary/aromatic N) is 4. The molecule has 2 heterocycles. The fourth-order valence-electron chi connectivity index (χ4n) is 3.28. The Morgan fingerprint density at radius 3 is 2.63 bits per heavy atom. The molecule has 148 valence electrons. The molecule has 0 aliphatic carbocycles. The fraction of sp³-hybridized carbons (Fsp3) is 0.130. The first-order chi connectivity index (χ1) is 14.7. The Morgan fingerprint density at radius 2 is 1.83 bits per heavy atom. The number of hydrogen-bond acceptors (Lipinski definition) is 5. The van der Waals surface area contributed by atoms with Gasteiger partial charge in [0.15, 0.2) is 0 Å². The Bertz CT molecular complexity index is 1240. The van der Waals surface area contributed by atoms with Gasteiger partial charge in [-0.25, -0.2) is 9.67 Å². The number of nitriles is 1. The van der Waals surface area contributed by atoms with Crippen LogP contribution in [0.4, 0.5) is 5.82 Å². The van der Waals surface area contributed by atoms with Crippen molar-refractivity contribution in [3.8, 4) is 11.8 Å². The topological polar surface area (TPSA) is 110 Å². The van der Waals surface area contributed by atoms with E-state index in [2.05, 4.69) is 21.5 Å². The number of fused-ring (bicyclic) bond motifs is 1. The van der Waals surface area contributed by atoms with Crippen molar-refractivity contribution in [2.45, 2.75) is 12.8 Å². The van der Waals surface area contributed by atoms with Crippen LogP contribution in [-0.4, -0.2) is 27.2 Å². The number of rotatable bonds is 6. The van der Waals surface area contributed by atoms with Crippen molar-refractivity contribution in [2.75, 3.05) is 12.3 Å². The maximum atomic E-state index is 12.4. The van der Waals surface area contributed by atoms with Crippen LogP contribution in [0, 0.1) is 11.3 Å². The summed E-state index contributed by atoms with van der Waals surface area (Å²) in [4.78, 5) is 16.8. The molecule has 4 aromatic rings. The molecule has 2 aromatic carbocycles. The zero-order valence-electron chi connectivity index (χ0n) is 16.2. The van der Waals surface area contributed by atoms with E-state index in [1.807, 2.05) is 60.7 Å². The molecular formula is C23H20N6O. The number of hydrogen-bond donors (Lipinski definition) is 2. The molecule has 0 saturated heterocycles. The third-order valence-electron chi connectivity index (χ3n) is 4.81. The Labute approximate surface area is 173 Å². The van der Waals surface area contributed by atoms with Gasteiger partial charge in [0, 0.05) is 11.9 Å². The maximum absolute atomic E-state index is 12.4. The molecule has 0 aliphatic rings. The number of nitrogen functional groups attached to an aromatic ring is 1. The van der Waals surface area contributed by atoms with Crippen LogP contribution >= 0.6 is 0 Å². The van der Waals surface area contributed by atoms with Crippen molar-refractivity contribution in [3.05, 3.63) is 83.7 Å². The predicted octanol–water partition coefficient (Wildman–Crippen LogP) is 3.24. The third kappa shape index (κ3) is 3.84. The number of para-hydroxylation sites is 2. The van der Waals surface area contributed by atoms with E-state index in [0.29, 0.717) is 42.2 Å². The Morgan fingerprint density at radius 1 is 1.07 bits per heavy atom. The smallest absolute Gasteiger partial charge is 0.269 e. The van der Waals surface area contributed by atoms with Crippen molar-refractivity contribution in [1.29, 1.82) is 5.26 Å². The molecule has 0 atom stereocenters. The average Bonchev–Trinajstić information content (AvgIpc) is 3.12. The van der Waals surface area contributed by atoms with Gasteiger partial charge in [0.05, 0.1) is 16.9 Å². The van der Waals surface area contributed by atoms with Crippen LogP contribution in [0.5, 0.6) is 0 Å². The zero-order valence-corrected chi connectivity index (χ0v) is 16.2. The minimum Gasteiger partial charge on any atom is -0.382 e. The van der Waals surface area contributed by atoms with Crippen molar-refractivity contribution in [1.82, 2.24) is 20.1 Å². The van der Waals surface area contributed by atoms with Crippen LogP contribution in [-0.2, 0) is 6.42 Å². The van der Waals surface area contributed by atoms with Crippen LogP contribution < -0.4 is 11.1 Å². The lowest BCUT2D eigenvalue weighted by Crippen LogP contribution is -2.25. The lowest BCUT2D eigenvalue weighted by molar-refractivity contribution is 0.0948. The van der Waals surface area contributed by atoms with E-state index in [1.54, 1.807) is 10.7 Å². The molecule has 3 N–H and O–H groups in total. The maximum Gasteiger partial charge on any atom is 0.269 e. The molecule has 7 heteroatoms. The zero-order chi connectivity index (χ0) is 20.9. The number of nitrogens with two attached hydrogens (primary N) is 1. The monoisotopic (exact) mass is 396 g/mol. The van der Waals surface area contributed by atoms with Gasteiger partial charge < -0.3 is 11.1 Å². The van der Waals surface area contributed by atoms with Crippen molar-refractivity contribution >= 4 is 22.6 Å². The quantitative estimate of drug-likeness (QED) is 0.486. The van der Waals surface area contributed by atoms with Gasteiger partial charge in [-0.1, -0.05) is 42.5 Å². The van der Waals surface area contributed by atoms with Crippen LogP contribution in [0.25, 0.3) is 16.6 Å². The van der Waals surface area contributed by atoms with Gasteiger partial charge in [-0.3, -0.25) is 4.79 Å². The lowest BCUT2D eigenvalue weighted by Gasteiger charge is -2.05. The lowest BCUT2D eigenvalue weighted by atomic mass is 10.1. The largest absolute Gasteiger partial charge is 0.382 e. The molecule has 0 saturated carbocycles. The van der Waals surface area contributed by atoms with E-state index in [4.69, 9.17) is 5.73 Å². The number of pyridine rings is 1. The first-order valence-corrected chi connectivity index (χ1v) is 9.64. The molecule has 1 amide bonds. The SMILES string of the molecule is N#Cc1c(CCCNC(=O)c2ccc3ccccc3n2)nn(-c2ccccc2)c1N. The molecule has 7 nitrogen and oxygen atoms in total. The second-order valence-corrected chi connectivity index (χ2v) is 6.81. The molecular weight excluding hydrogens is 376 g/mol. The van der Waals surface area contributed by atoms with E-state index < -0.39 is 0 Å². The summed E-state index contributed by atoms with van der Waals surface area (Å²) in [5.74, 6) is 0.0960. The Hall–Kier alpha value is -4.18. The van der Waals surface area contributed by atoms with Gasteiger partial charge in [-0.15, -0.1) is 0 Å². The molecule has 0 radical (unpaired) electrons. The van der Waals surface area contributed by atoms with Crippen molar-refractivity contribution in [2.24, 2.45) is 0 Å². The summed E-state index contributed by atoms with van der Waals surface area (Å²) >= 11 is 0. The van der Waals surface area contributed by atoms with E-state index in [1.165, 1.54) is 0 Å². The minimum absolute atomic E-state index is 0.226. The molecule has 0 fully saturated rings. The number of aryl methyl sites for hydroxylation is 1. The summed E-state index contributed by atoms with van der Waals surface area (Å²) in [7, 11) is 0. The highest BCUT2D eigenvalue weighted by molar-refractivity contribution is 5.94. The molecule has 0 bridgehead atoms. The van der Waals surface area contributed by atoms with E-state index >= 15 is 0 Å². The highest BCUT2D eigenvalue weighted by atomic mass is 16.1. The normalized spacial score (nSPS) is 10.6. The summed E-state index contributed by atoms with van der Waals surface area (Å²) in [6.45, 7) is 0.441. The first kappa shape index (κ1) is 19.2. The third-order valence-corrected chi connectivity index (χ3v) is 4.81. The molecule has 4 rings (SSSR count). The summed E-state index contributed by atoms with van der Waals surface area (Å²) < 4.78 is 1.57. The Kier molecular flexibility index (Phi) is 5.39. The second-order valence-electron chi connectivity index (χ2n) is 6.81. The number of carbonyl (C=O) groups excluding carboxylic acids is 1. The molecule has 2 aromatic heterocycles. The highest BCUT2D eigenvalue weighted by Crippen LogP contribution is 2.21. The second kappa shape index (κ2) is 8.45. The van der Waals surface area contributed by atoms with E-state index in [-0.39, 0.29) is 5.91 Å². The summed E-state index contributed by atoms with van der Waals surface area (Å²) in [5, 5.41) is 17.8. The molecule has 30 heavy (non-hydrogen) atoms. The minimum atomic E-state index is -0.226. The predicted molar refractivity (Wildman–Crippen MR) is 115 cm³/mol. The number of benzene rings is 2. The summed E-state index contributed by atoms with van der Waals surface area (Å²) in [6.07, 6.45) is 1.15. The fourth-order valence-corrected chi connectivity index (χ4v) is 3.28. The van der Waals surface area contributed by atoms with Gasteiger partial charge in [0.1, 0.15) is 23.1 Å². The van der Waals surface area contributed by atoms with Gasteiger partial charge in [-0.05, 0) is 37.1 Å². The van der Waals surface area contributed by atoms with Crippen LogP contribution in [0.1, 0.15) is 28.2 Å². The van der Waals surface area contributed by atoms with Gasteiger partial charge in [0.25, 0.3) is 5.91 Å². The van der Waals surface area contributed by atoms with Crippen LogP contribution in [0.15, 0.2) is 66.7 Å². The number of carbonyl (C=O) groups is 1. The summed E-state index contributed by atoms with van der Waals surface area (Å²) in [5.41, 5.74) is 9.08. The van der Waals surface area contributed by atoms with Crippen molar-refractivity contribution in [3.63, 3.8) is 0 Å². The highest BCUT2D eigenvalue weighted by Gasteiger charge is 2.16. The number of amides is 1. The van der Waals surface area contributed by atoms with Gasteiger partial charge in [0.2, 0.25) is 0 Å². The molecule has 0 unspecified atom stereocenters. The average molecular weight is 396 g/mol. The van der Waals surface area contributed by atoms with E-state index in [9.17, 15) is 10.1 Å². The van der Waals surface area contributed by atoms with Crippen LogP contribution in [0.2, 0.25) is 0 Å². The molecule has 0 spiro atoms. The number of aromatic nitrogens is 3. The first-order valence-electron chi connectivity index (χ1n) is 9.64. The summed E-state index contributed by atoms with van der Waals surface area (Å²) in [6, 6.07) is 22.8. The van der Waals surface area contributed by atoms with Crippen LogP contribution in [0.3, 0.4) is 0 Å². The van der Waals surface area contributed by atoms with Gasteiger partial charge in [-0.2, -0.15) is 10.4 Å². The number of nitrogens with one attached hydrogen (secondary N) is 1. The Balaban J connectivity index is 1.39. The van der Waals surface area contributed by atoms with E-state index in [0.717, 1.165) is 16.6 Å². The van der Waals surface area contributed by atoms with Gasteiger partial charge >= 0.3 is 0 Å². The number of anilines is 1.